The monoisotopic (exact) mass is 286 g/mol. The lowest BCUT2D eigenvalue weighted by atomic mass is 9.93. The molecule has 0 aliphatic heterocycles. The van der Waals surface area contributed by atoms with E-state index in [4.69, 9.17) is 0 Å². The molecule has 0 heteroatoms. The van der Waals surface area contributed by atoms with Crippen molar-refractivity contribution in [3.63, 3.8) is 0 Å². The van der Waals surface area contributed by atoms with Crippen LogP contribution in [0.5, 0.6) is 0 Å². The molecule has 0 bridgehead atoms. The molecule has 0 unspecified atom stereocenters. The zero-order chi connectivity index (χ0) is 15.5. The first-order valence-electron chi connectivity index (χ1n) is 7.94. The van der Waals surface area contributed by atoms with E-state index in [0.717, 1.165) is 6.42 Å². The predicted octanol–water partition coefficient (Wildman–Crippen LogP) is 6.20. The van der Waals surface area contributed by atoms with Gasteiger partial charge in [-0.05, 0) is 48.1 Å². The average molecular weight is 286 g/mol. The van der Waals surface area contributed by atoms with Crippen LogP contribution in [0.15, 0.2) is 66.7 Å². The van der Waals surface area contributed by atoms with E-state index in [1.165, 1.54) is 38.9 Å². The van der Waals surface area contributed by atoms with Gasteiger partial charge in [-0.15, -0.1) is 0 Å². The van der Waals surface area contributed by atoms with Crippen LogP contribution in [0.3, 0.4) is 0 Å². The molecule has 0 aliphatic rings. The van der Waals surface area contributed by atoms with E-state index in [-0.39, 0.29) is 0 Å². The van der Waals surface area contributed by atoms with Gasteiger partial charge in [0.05, 0.1) is 0 Å². The average Bonchev–Trinajstić information content (AvgIpc) is 2.56. The van der Waals surface area contributed by atoms with Gasteiger partial charge in [-0.2, -0.15) is 0 Å². The van der Waals surface area contributed by atoms with Crippen LogP contribution in [-0.4, -0.2) is 0 Å². The van der Waals surface area contributed by atoms with Gasteiger partial charge in [-0.1, -0.05) is 84.8 Å². The normalized spacial score (nSPS) is 10.7. The van der Waals surface area contributed by atoms with Crippen molar-refractivity contribution < 1.29 is 0 Å². The maximum Gasteiger partial charge on any atom is -0.0152 e. The molecule has 3 aromatic carbocycles. The molecule has 0 heterocycles. The molecule has 0 nitrogen and oxygen atoms in total. The maximum atomic E-state index is 2.33. The van der Waals surface area contributed by atoms with E-state index in [1.54, 1.807) is 0 Å². The molecule has 3 aromatic rings. The van der Waals surface area contributed by atoms with Gasteiger partial charge in [0.2, 0.25) is 0 Å². The van der Waals surface area contributed by atoms with Crippen molar-refractivity contribution in [3.8, 4) is 22.3 Å². The molecule has 0 radical (unpaired) electrons. The Morgan fingerprint density at radius 2 is 1.09 bits per heavy atom. The first-order valence-corrected chi connectivity index (χ1v) is 7.94. The number of benzene rings is 3. The Bertz CT molecular complexity index is 762. The van der Waals surface area contributed by atoms with E-state index in [9.17, 15) is 0 Å². The van der Waals surface area contributed by atoms with Gasteiger partial charge in [0, 0.05) is 0 Å². The standard InChI is InChI=1S/C22H22/c1-4-18-15-21(19-9-5-16(2)6-10-19)13-14-22(18)20-11-7-17(3)8-12-20/h5-15H,4H2,1-3H3. The molecule has 0 aliphatic carbocycles. The number of rotatable bonds is 3. The molecule has 0 N–H and O–H groups in total. The summed E-state index contributed by atoms with van der Waals surface area (Å²) in [5, 5.41) is 0. The largest absolute Gasteiger partial charge is 0.0613 e. The zero-order valence-corrected chi connectivity index (χ0v) is 13.6. The fourth-order valence-corrected chi connectivity index (χ4v) is 2.83. The van der Waals surface area contributed by atoms with Crippen molar-refractivity contribution >= 4 is 0 Å². The highest BCUT2D eigenvalue weighted by molar-refractivity contribution is 5.74. The van der Waals surface area contributed by atoms with Crippen LogP contribution >= 0.6 is 0 Å². The van der Waals surface area contributed by atoms with Crippen LogP contribution in [-0.2, 0) is 6.42 Å². The molecule has 0 amide bonds. The van der Waals surface area contributed by atoms with Gasteiger partial charge in [-0.3, -0.25) is 0 Å². The summed E-state index contributed by atoms with van der Waals surface area (Å²) in [5.74, 6) is 0. The summed E-state index contributed by atoms with van der Waals surface area (Å²) in [7, 11) is 0. The second-order valence-corrected chi connectivity index (χ2v) is 5.96. The van der Waals surface area contributed by atoms with E-state index in [1.807, 2.05) is 0 Å². The Balaban J connectivity index is 2.04. The van der Waals surface area contributed by atoms with E-state index < -0.39 is 0 Å². The predicted molar refractivity (Wildman–Crippen MR) is 96.2 cm³/mol. The molecular weight excluding hydrogens is 264 g/mol. The van der Waals surface area contributed by atoms with Crippen molar-refractivity contribution in [1.29, 1.82) is 0 Å². The second-order valence-electron chi connectivity index (χ2n) is 5.96. The maximum absolute atomic E-state index is 2.33. The number of hydrogen-bond acceptors (Lipinski definition) is 0. The SMILES string of the molecule is CCc1cc(-c2ccc(C)cc2)ccc1-c1ccc(C)cc1. The van der Waals surface area contributed by atoms with Crippen LogP contribution in [0.4, 0.5) is 0 Å². The Morgan fingerprint density at radius 3 is 1.64 bits per heavy atom. The molecule has 22 heavy (non-hydrogen) atoms. The lowest BCUT2D eigenvalue weighted by molar-refractivity contribution is 1.14. The second kappa shape index (κ2) is 6.19. The summed E-state index contributed by atoms with van der Waals surface area (Å²) in [6, 6.07) is 24.4. The van der Waals surface area contributed by atoms with Crippen LogP contribution in [0, 0.1) is 13.8 Å². The fourth-order valence-electron chi connectivity index (χ4n) is 2.83. The lowest BCUT2D eigenvalue weighted by Crippen LogP contribution is -1.90. The van der Waals surface area contributed by atoms with Gasteiger partial charge in [-0.25, -0.2) is 0 Å². The molecule has 0 atom stereocenters. The first-order chi connectivity index (χ1) is 10.7. The van der Waals surface area contributed by atoms with Crippen molar-refractivity contribution in [2.75, 3.05) is 0 Å². The van der Waals surface area contributed by atoms with Crippen molar-refractivity contribution in [1.82, 2.24) is 0 Å². The minimum Gasteiger partial charge on any atom is -0.0613 e. The molecule has 3 rings (SSSR count). The van der Waals surface area contributed by atoms with Crippen molar-refractivity contribution in [2.45, 2.75) is 27.2 Å². The van der Waals surface area contributed by atoms with Gasteiger partial charge < -0.3 is 0 Å². The molecule has 0 fully saturated rings. The summed E-state index contributed by atoms with van der Waals surface area (Å²) in [6.07, 6.45) is 1.04. The van der Waals surface area contributed by atoms with E-state index in [0.29, 0.717) is 0 Å². The quantitative estimate of drug-likeness (QED) is 0.537. The Morgan fingerprint density at radius 1 is 0.591 bits per heavy atom. The zero-order valence-electron chi connectivity index (χ0n) is 13.6. The van der Waals surface area contributed by atoms with Gasteiger partial charge in [0.25, 0.3) is 0 Å². The third-order valence-electron chi connectivity index (χ3n) is 4.23. The molecule has 0 spiro atoms. The van der Waals surface area contributed by atoms with Gasteiger partial charge >= 0.3 is 0 Å². The molecule has 0 aromatic heterocycles. The van der Waals surface area contributed by atoms with Crippen molar-refractivity contribution in [2.24, 2.45) is 0 Å². The highest BCUT2D eigenvalue weighted by atomic mass is 14.1. The Labute approximate surface area is 133 Å². The summed E-state index contributed by atoms with van der Waals surface area (Å²) in [6.45, 7) is 6.48. The summed E-state index contributed by atoms with van der Waals surface area (Å²) < 4.78 is 0. The summed E-state index contributed by atoms with van der Waals surface area (Å²) >= 11 is 0. The molecule has 110 valence electrons. The molecule has 0 saturated carbocycles. The number of hydrogen-bond donors (Lipinski definition) is 0. The van der Waals surface area contributed by atoms with E-state index in [2.05, 4.69) is 87.5 Å². The molecular formula is C22H22. The van der Waals surface area contributed by atoms with Crippen LogP contribution in [0.25, 0.3) is 22.3 Å². The Kier molecular flexibility index (Phi) is 4.11. The van der Waals surface area contributed by atoms with Crippen LogP contribution in [0.1, 0.15) is 23.6 Å². The highest BCUT2D eigenvalue weighted by Crippen LogP contribution is 2.29. The van der Waals surface area contributed by atoms with Crippen LogP contribution in [0.2, 0.25) is 0 Å². The summed E-state index contributed by atoms with van der Waals surface area (Å²) in [4.78, 5) is 0. The topological polar surface area (TPSA) is 0 Å². The van der Waals surface area contributed by atoms with Crippen LogP contribution < -0.4 is 0 Å². The number of aryl methyl sites for hydroxylation is 3. The minimum atomic E-state index is 1.04. The highest BCUT2D eigenvalue weighted by Gasteiger charge is 2.06. The lowest BCUT2D eigenvalue weighted by Gasteiger charge is -2.12. The smallest absolute Gasteiger partial charge is 0.0152 e. The van der Waals surface area contributed by atoms with Gasteiger partial charge in [0.15, 0.2) is 0 Å². The summed E-state index contributed by atoms with van der Waals surface area (Å²) in [5.41, 5.74) is 9.25. The Hall–Kier alpha value is -2.34. The van der Waals surface area contributed by atoms with E-state index >= 15 is 0 Å². The first kappa shape index (κ1) is 14.6. The molecule has 0 saturated heterocycles. The van der Waals surface area contributed by atoms with Gasteiger partial charge in [0.1, 0.15) is 0 Å². The third-order valence-corrected chi connectivity index (χ3v) is 4.23. The minimum absolute atomic E-state index is 1.04. The fraction of sp³-hybridized carbons (Fsp3) is 0.182. The van der Waals surface area contributed by atoms with Crippen molar-refractivity contribution in [3.05, 3.63) is 83.4 Å². The third kappa shape index (κ3) is 2.96.